The molecule has 0 heterocycles. The molecule has 0 aliphatic rings. The van der Waals surface area contributed by atoms with Crippen molar-refractivity contribution in [3.8, 4) is 6.07 Å². The maximum Gasteiger partial charge on any atom is 0.0994 e. The van der Waals surface area contributed by atoms with Gasteiger partial charge < -0.3 is 0 Å². The predicted octanol–water partition coefficient (Wildman–Crippen LogP) is 4.65. The van der Waals surface area contributed by atoms with E-state index >= 15 is 0 Å². The molecule has 0 bridgehead atoms. The molecule has 0 aliphatic heterocycles. The number of halogens is 1. The Balaban J connectivity index is 1.97. The zero-order valence-corrected chi connectivity index (χ0v) is 11.3. The van der Waals surface area contributed by atoms with E-state index < -0.39 is 0 Å². The molecule has 0 saturated heterocycles. The van der Waals surface area contributed by atoms with E-state index in [1.165, 1.54) is 0 Å². The van der Waals surface area contributed by atoms with Gasteiger partial charge in [0, 0.05) is 16.5 Å². The van der Waals surface area contributed by atoms with Gasteiger partial charge in [-0.2, -0.15) is 17.0 Å². The van der Waals surface area contributed by atoms with Crippen molar-refractivity contribution >= 4 is 23.4 Å². The van der Waals surface area contributed by atoms with Gasteiger partial charge in [-0.15, -0.1) is 0 Å². The minimum Gasteiger partial charge on any atom is -0.192 e. The van der Waals surface area contributed by atoms with Gasteiger partial charge in [0.1, 0.15) is 0 Å². The molecule has 2 aromatic carbocycles. The lowest BCUT2D eigenvalue weighted by Crippen LogP contribution is -1.88. The van der Waals surface area contributed by atoms with E-state index in [9.17, 15) is 0 Å². The molecule has 0 spiro atoms. The molecule has 18 heavy (non-hydrogen) atoms. The van der Waals surface area contributed by atoms with Crippen LogP contribution in [0.2, 0.25) is 5.02 Å². The molecule has 0 radical (unpaired) electrons. The van der Waals surface area contributed by atoms with Crippen LogP contribution >= 0.6 is 23.4 Å². The highest BCUT2D eigenvalue weighted by Gasteiger charge is 2.03. The summed E-state index contributed by atoms with van der Waals surface area (Å²) in [7, 11) is 0. The first-order valence-electron chi connectivity index (χ1n) is 5.60. The van der Waals surface area contributed by atoms with Gasteiger partial charge in [-0.05, 0) is 23.3 Å². The number of hydrogen-bond donors (Lipinski definition) is 0. The van der Waals surface area contributed by atoms with Crippen molar-refractivity contribution < 1.29 is 0 Å². The standard InChI is InChI=1S/C15H12ClNS/c16-15-8-4-3-7-14(15)11-18-10-13-6-2-1-5-12(13)9-17/h1-8H,10-11H2. The Morgan fingerprint density at radius 2 is 1.56 bits per heavy atom. The van der Waals surface area contributed by atoms with E-state index in [0.29, 0.717) is 0 Å². The number of benzene rings is 2. The van der Waals surface area contributed by atoms with Crippen LogP contribution in [0.4, 0.5) is 0 Å². The molecule has 0 fully saturated rings. The summed E-state index contributed by atoms with van der Waals surface area (Å²) in [6, 6.07) is 17.8. The third-order valence-corrected chi connectivity index (χ3v) is 4.01. The van der Waals surface area contributed by atoms with E-state index in [2.05, 4.69) is 6.07 Å². The fraction of sp³-hybridized carbons (Fsp3) is 0.133. The number of rotatable bonds is 4. The van der Waals surface area contributed by atoms with Crippen molar-refractivity contribution in [1.29, 1.82) is 5.26 Å². The van der Waals surface area contributed by atoms with Crippen LogP contribution in [-0.4, -0.2) is 0 Å². The third-order valence-electron chi connectivity index (χ3n) is 2.61. The SMILES string of the molecule is N#Cc1ccccc1CSCc1ccccc1Cl. The lowest BCUT2D eigenvalue weighted by atomic mass is 10.1. The summed E-state index contributed by atoms with van der Waals surface area (Å²) in [6.45, 7) is 0. The monoisotopic (exact) mass is 273 g/mol. The van der Waals surface area contributed by atoms with Crippen molar-refractivity contribution in [1.82, 2.24) is 0 Å². The highest BCUT2D eigenvalue weighted by molar-refractivity contribution is 7.97. The van der Waals surface area contributed by atoms with E-state index in [-0.39, 0.29) is 0 Å². The molecule has 0 atom stereocenters. The minimum atomic E-state index is 0.754. The first-order chi connectivity index (χ1) is 8.81. The maximum absolute atomic E-state index is 9.00. The van der Waals surface area contributed by atoms with E-state index in [0.717, 1.165) is 33.2 Å². The van der Waals surface area contributed by atoms with Crippen molar-refractivity contribution in [3.05, 3.63) is 70.2 Å². The Kier molecular flexibility index (Phi) is 4.69. The first kappa shape index (κ1) is 13.0. The van der Waals surface area contributed by atoms with Crippen molar-refractivity contribution in [2.75, 3.05) is 0 Å². The zero-order chi connectivity index (χ0) is 12.8. The van der Waals surface area contributed by atoms with Crippen LogP contribution in [-0.2, 0) is 11.5 Å². The molecule has 2 rings (SSSR count). The smallest absolute Gasteiger partial charge is 0.0994 e. The minimum absolute atomic E-state index is 0.754. The van der Waals surface area contributed by atoms with E-state index in [4.69, 9.17) is 16.9 Å². The molecule has 0 unspecified atom stereocenters. The number of nitrogens with zero attached hydrogens (tertiary/aromatic N) is 1. The normalized spacial score (nSPS) is 10.0. The van der Waals surface area contributed by atoms with E-state index in [1.807, 2.05) is 48.5 Å². The Hall–Kier alpha value is -1.43. The Labute approximate surface area is 116 Å². The van der Waals surface area contributed by atoms with Crippen LogP contribution in [0.5, 0.6) is 0 Å². The lowest BCUT2D eigenvalue weighted by molar-refractivity contribution is 1.33. The summed E-state index contributed by atoms with van der Waals surface area (Å²) in [5, 5.41) is 9.80. The zero-order valence-electron chi connectivity index (χ0n) is 9.77. The van der Waals surface area contributed by atoms with Crippen LogP contribution in [0.15, 0.2) is 48.5 Å². The quantitative estimate of drug-likeness (QED) is 0.810. The van der Waals surface area contributed by atoms with Gasteiger partial charge in [-0.25, -0.2) is 0 Å². The first-order valence-corrected chi connectivity index (χ1v) is 7.13. The number of thioether (sulfide) groups is 1. The molecule has 90 valence electrons. The van der Waals surface area contributed by atoms with Crippen LogP contribution in [0, 0.1) is 11.3 Å². The highest BCUT2D eigenvalue weighted by atomic mass is 35.5. The molecule has 2 aromatic rings. The van der Waals surface area contributed by atoms with Gasteiger partial charge in [-0.1, -0.05) is 48.0 Å². The summed E-state index contributed by atoms with van der Waals surface area (Å²) in [6.07, 6.45) is 0. The Bertz CT molecular complexity index is 575. The number of nitriles is 1. The van der Waals surface area contributed by atoms with Crippen LogP contribution in [0.3, 0.4) is 0 Å². The van der Waals surface area contributed by atoms with Gasteiger partial charge in [0.05, 0.1) is 11.6 Å². The maximum atomic E-state index is 9.00. The third kappa shape index (κ3) is 3.29. The molecule has 0 saturated carbocycles. The van der Waals surface area contributed by atoms with E-state index in [1.54, 1.807) is 11.8 Å². The Morgan fingerprint density at radius 1 is 0.944 bits per heavy atom. The van der Waals surface area contributed by atoms with Crippen molar-refractivity contribution in [2.45, 2.75) is 11.5 Å². The second kappa shape index (κ2) is 6.49. The second-order valence-corrected chi connectivity index (χ2v) is 5.25. The molecule has 0 amide bonds. The molecule has 0 aromatic heterocycles. The summed E-state index contributed by atoms with van der Waals surface area (Å²) in [5.41, 5.74) is 2.97. The molecular weight excluding hydrogens is 262 g/mol. The fourth-order valence-corrected chi connectivity index (χ4v) is 2.97. The van der Waals surface area contributed by atoms with Crippen LogP contribution in [0.25, 0.3) is 0 Å². The highest BCUT2D eigenvalue weighted by Crippen LogP contribution is 2.24. The topological polar surface area (TPSA) is 23.8 Å². The second-order valence-electron chi connectivity index (χ2n) is 3.85. The lowest BCUT2D eigenvalue weighted by Gasteiger charge is -2.05. The predicted molar refractivity (Wildman–Crippen MR) is 77.6 cm³/mol. The average molecular weight is 274 g/mol. The van der Waals surface area contributed by atoms with Gasteiger partial charge in [0.25, 0.3) is 0 Å². The molecule has 0 N–H and O–H groups in total. The van der Waals surface area contributed by atoms with Crippen LogP contribution in [0.1, 0.15) is 16.7 Å². The van der Waals surface area contributed by atoms with Gasteiger partial charge in [0.2, 0.25) is 0 Å². The Morgan fingerprint density at radius 3 is 2.28 bits per heavy atom. The molecule has 1 nitrogen and oxygen atoms in total. The summed E-state index contributed by atoms with van der Waals surface area (Å²) < 4.78 is 0. The average Bonchev–Trinajstić information content (AvgIpc) is 2.41. The summed E-state index contributed by atoms with van der Waals surface area (Å²) in [5.74, 6) is 1.69. The largest absolute Gasteiger partial charge is 0.192 e. The molecule has 3 heteroatoms. The van der Waals surface area contributed by atoms with Crippen molar-refractivity contribution in [2.24, 2.45) is 0 Å². The molecule has 0 aliphatic carbocycles. The van der Waals surface area contributed by atoms with Gasteiger partial charge in [-0.3, -0.25) is 0 Å². The van der Waals surface area contributed by atoms with Gasteiger partial charge >= 0.3 is 0 Å². The van der Waals surface area contributed by atoms with Gasteiger partial charge in [0.15, 0.2) is 0 Å². The van der Waals surface area contributed by atoms with Crippen LogP contribution < -0.4 is 0 Å². The summed E-state index contributed by atoms with van der Waals surface area (Å²) in [4.78, 5) is 0. The molecular formula is C15H12ClNS. The van der Waals surface area contributed by atoms with Crippen molar-refractivity contribution in [3.63, 3.8) is 0 Å². The number of hydrogen-bond acceptors (Lipinski definition) is 2. The fourth-order valence-electron chi connectivity index (χ4n) is 1.64. The summed E-state index contributed by atoms with van der Waals surface area (Å²) >= 11 is 7.87.